The van der Waals surface area contributed by atoms with E-state index in [1.165, 1.54) is 12.1 Å². The Morgan fingerprint density at radius 1 is 1.03 bits per heavy atom. The predicted octanol–water partition coefficient (Wildman–Crippen LogP) is 5.11. The number of aromatic nitrogens is 2. The fourth-order valence-corrected chi connectivity index (χ4v) is 4.11. The highest BCUT2D eigenvalue weighted by molar-refractivity contribution is 5.82. The van der Waals surface area contributed by atoms with Crippen LogP contribution in [0.2, 0.25) is 0 Å². The zero-order chi connectivity index (χ0) is 20.3. The highest BCUT2D eigenvalue weighted by atomic mass is 19.1. The largest absolute Gasteiger partial charge is 0.330 e. The Bertz CT molecular complexity index is 1130. The minimum absolute atomic E-state index is 0.234. The van der Waals surface area contributed by atoms with Crippen LogP contribution in [0.3, 0.4) is 0 Å². The number of imidazole rings is 1. The van der Waals surface area contributed by atoms with E-state index in [4.69, 9.17) is 0 Å². The molecule has 1 aliphatic carbocycles. The van der Waals surface area contributed by atoms with Crippen molar-refractivity contribution >= 4 is 11.4 Å². The Morgan fingerprint density at radius 2 is 1.79 bits per heavy atom. The van der Waals surface area contributed by atoms with E-state index in [0.717, 1.165) is 47.4 Å². The molecule has 0 atom stereocenters. The van der Waals surface area contributed by atoms with Crippen LogP contribution in [0.1, 0.15) is 30.0 Å². The topological polar surface area (TPSA) is 24.3 Å². The molecule has 0 bridgehead atoms. The summed E-state index contributed by atoms with van der Waals surface area (Å²) >= 11 is 0. The van der Waals surface area contributed by atoms with Crippen molar-refractivity contribution in [3.05, 3.63) is 78.0 Å². The number of fused-ring (bicyclic) bond motifs is 1. The lowest BCUT2D eigenvalue weighted by Gasteiger charge is -2.15. The average molecular weight is 392 g/mol. The molecule has 29 heavy (non-hydrogen) atoms. The van der Waals surface area contributed by atoms with Crippen molar-refractivity contribution in [2.24, 2.45) is 0 Å². The second kappa shape index (κ2) is 6.44. The summed E-state index contributed by atoms with van der Waals surface area (Å²) in [5.41, 5.74) is 5.14. The van der Waals surface area contributed by atoms with Gasteiger partial charge in [-0.3, -0.25) is 0 Å². The van der Waals surface area contributed by atoms with Gasteiger partial charge in [0.1, 0.15) is 17.5 Å². The van der Waals surface area contributed by atoms with Gasteiger partial charge in [-0.2, -0.15) is 0 Å². The summed E-state index contributed by atoms with van der Waals surface area (Å²) < 4.78 is 30.2. The lowest BCUT2D eigenvalue weighted by molar-refractivity contribution is 0.602. The molecular formula is C23H22F2N4. The quantitative estimate of drug-likeness (QED) is 0.617. The molecule has 6 heteroatoms. The Balaban J connectivity index is 1.53. The summed E-state index contributed by atoms with van der Waals surface area (Å²) in [7, 11) is 4.01. The summed E-state index contributed by atoms with van der Waals surface area (Å²) in [6.07, 6.45) is 3.84. The number of benzene rings is 2. The first-order chi connectivity index (χ1) is 13.9. The van der Waals surface area contributed by atoms with Crippen molar-refractivity contribution in [3.8, 4) is 11.3 Å². The van der Waals surface area contributed by atoms with Crippen molar-refractivity contribution in [3.63, 3.8) is 0 Å². The summed E-state index contributed by atoms with van der Waals surface area (Å²) in [6.45, 7) is 4.74. The van der Waals surface area contributed by atoms with Gasteiger partial charge in [-0.25, -0.2) is 13.8 Å². The first kappa shape index (κ1) is 17.9. The monoisotopic (exact) mass is 392 g/mol. The van der Waals surface area contributed by atoms with Crippen molar-refractivity contribution in [2.45, 2.75) is 25.3 Å². The summed E-state index contributed by atoms with van der Waals surface area (Å²) in [6, 6.07) is 9.89. The van der Waals surface area contributed by atoms with Gasteiger partial charge in [0.05, 0.1) is 23.4 Å². The van der Waals surface area contributed by atoms with Crippen LogP contribution >= 0.6 is 0 Å². The molecule has 1 saturated carbocycles. The number of nitrogens with zero attached hydrogens (tertiary/aromatic N) is 4. The third-order valence-electron chi connectivity index (χ3n) is 5.92. The fraction of sp³-hybridized carbons (Fsp3) is 0.261. The van der Waals surface area contributed by atoms with Gasteiger partial charge in [0.2, 0.25) is 0 Å². The van der Waals surface area contributed by atoms with Crippen LogP contribution in [0.4, 0.5) is 20.2 Å². The molecule has 2 aromatic carbocycles. The second-order valence-corrected chi connectivity index (χ2v) is 7.86. The van der Waals surface area contributed by atoms with Crippen molar-refractivity contribution in [1.29, 1.82) is 0 Å². The molecule has 5 rings (SSSR count). The molecule has 1 aliphatic heterocycles. The van der Waals surface area contributed by atoms with E-state index >= 15 is 0 Å². The van der Waals surface area contributed by atoms with E-state index in [9.17, 15) is 8.78 Å². The van der Waals surface area contributed by atoms with E-state index in [1.54, 1.807) is 6.33 Å². The van der Waals surface area contributed by atoms with Gasteiger partial charge >= 0.3 is 0 Å². The maximum atomic E-state index is 14.4. The van der Waals surface area contributed by atoms with Crippen LogP contribution in [0, 0.1) is 11.6 Å². The van der Waals surface area contributed by atoms with E-state index < -0.39 is 11.6 Å². The van der Waals surface area contributed by atoms with E-state index in [2.05, 4.69) is 44.1 Å². The minimum Gasteiger partial charge on any atom is -0.330 e. The van der Waals surface area contributed by atoms with Gasteiger partial charge in [0.15, 0.2) is 0 Å². The Kier molecular flexibility index (Phi) is 3.98. The third-order valence-corrected chi connectivity index (χ3v) is 5.92. The molecule has 0 unspecified atom stereocenters. The van der Waals surface area contributed by atoms with Crippen LogP contribution in [0.15, 0.2) is 55.1 Å². The molecule has 0 radical (unpaired) electrons. The maximum Gasteiger partial charge on any atom is 0.132 e. The molecule has 1 fully saturated rings. The molecule has 148 valence electrons. The maximum absolute atomic E-state index is 14.4. The number of hydrogen-bond donors (Lipinski definition) is 0. The number of anilines is 2. The predicted molar refractivity (Wildman–Crippen MR) is 111 cm³/mol. The van der Waals surface area contributed by atoms with Gasteiger partial charge in [0.25, 0.3) is 0 Å². The number of hydrogen-bond acceptors (Lipinski definition) is 3. The summed E-state index contributed by atoms with van der Waals surface area (Å²) in [5, 5.41) is 0. The Morgan fingerprint density at radius 3 is 2.55 bits per heavy atom. The molecule has 0 amide bonds. The highest BCUT2D eigenvalue weighted by Gasteiger charge is 2.32. The zero-order valence-corrected chi connectivity index (χ0v) is 16.5. The van der Waals surface area contributed by atoms with Gasteiger partial charge < -0.3 is 14.4 Å². The smallest absolute Gasteiger partial charge is 0.132 e. The van der Waals surface area contributed by atoms with Gasteiger partial charge in [-0.05, 0) is 48.7 Å². The summed E-state index contributed by atoms with van der Waals surface area (Å²) in [5.74, 6) is 0.378. The van der Waals surface area contributed by atoms with E-state index in [1.807, 2.05) is 14.1 Å². The van der Waals surface area contributed by atoms with Crippen molar-refractivity contribution < 1.29 is 8.78 Å². The van der Waals surface area contributed by atoms with Crippen LogP contribution in [-0.2, 0) is 6.54 Å². The Hall–Kier alpha value is -3.15. The molecular weight excluding hydrogens is 370 g/mol. The molecule has 2 heterocycles. The number of rotatable bonds is 4. The van der Waals surface area contributed by atoms with Gasteiger partial charge in [-0.1, -0.05) is 12.6 Å². The van der Waals surface area contributed by atoms with Gasteiger partial charge in [0, 0.05) is 37.8 Å². The normalized spacial score (nSPS) is 15.9. The average Bonchev–Trinajstić information content (AvgIpc) is 3.44. The molecule has 0 saturated heterocycles. The lowest BCUT2D eigenvalue weighted by atomic mass is 10.1. The zero-order valence-electron chi connectivity index (χ0n) is 16.5. The van der Waals surface area contributed by atoms with Crippen LogP contribution < -0.4 is 9.80 Å². The highest BCUT2D eigenvalue weighted by Crippen LogP contribution is 2.45. The standard InChI is InChI=1S/C23H22F2N4/c1-14-27(2)20-9-4-15(10-21(20)28(14)3)12-29-13-26-22(23(29)16-5-6-16)18-11-17(24)7-8-19(18)25/h4,7-11,13,16H,1,5-6,12H2,2-3H3. The molecule has 4 nitrogen and oxygen atoms in total. The van der Waals surface area contributed by atoms with Crippen molar-refractivity contribution in [2.75, 3.05) is 23.9 Å². The molecule has 3 aromatic rings. The molecule has 0 spiro atoms. The van der Waals surface area contributed by atoms with Gasteiger partial charge in [-0.15, -0.1) is 0 Å². The summed E-state index contributed by atoms with van der Waals surface area (Å²) in [4.78, 5) is 8.62. The van der Waals surface area contributed by atoms with E-state index in [-0.39, 0.29) is 5.56 Å². The Labute approximate surface area is 168 Å². The SMILES string of the molecule is C=C1N(C)c2ccc(Cn3cnc(-c4cc(F)ccc4F)c3C3CC3)cc2N1C. The fourth-order valence-electron chi connectivity index (χ4n) is 4.11. The molecule has 2 aliphatic rings. The number of halogens is 2. The molecule has 1 aromatic heterocycles. The second-order valence-electron chi connectivity index (χ2n) is 7.86. The van der Waals surface area contributed by atoms with Crippen LogP contribution in [0.25, 0.3) is 11.3 Å². The lowest BCUT2D eigenvalue weighted by Crippen LogP contribution is -2.20. The first-order valence-corrected chi connectivity index (χ1v) is 9.74. The van der Waals surface area contributed by atoms with Crippen molar-refractivity contribution in [1.82, 2.24) is 9.55 Å². The minimum atomic E-state index is -0.455. The van der Waals surface area contributed by atoms with E-state index in [0.29, 0.717) is 18.2 Å². The molecule has 0 N–H and O–H groups in total. The third kappa shape index (κ3) is 2.90. The van der Waals surface area contributed by atoms with Crippen LogP contribution in [-0.4, -0.2) is 23.6 Å². The first-order valence-electron chi connectivity index (χ1n) is 9.74. The van der Waals surface area contributed by atoms with Crippen LogP contribution in [0.5, 0.6) is 0 Å².